The average molecular weight is 303 g/mol. The summed E-state index contributed by atoms with van der Waals surface area (Å²) in [7, 11) is -0.792. The first kappa shape index (κ1) is 16.6. The van der Waals surface area contributed by atoms with Gasteiger partial charge in [-0.15, -0.1) is 0 Å². The Hall–Kier alpha value is -1.48. The smallest absolute Gasteiger partial charge is 0.335 e. The lowest BCUT2D eigenvalue weighted by Gasteiger charge is -2.14. The van der Waals surface area contributed by atoms with Crippen LogP contribution in [0.25, 0.3) is 0 Å². The largest absolute Gasteiger partial charge is 0.478 e. The van der Waals surface area contributed by atoms with Crippen LogP contribution < -0.4 is 4.72 Å². The lowest BCUT2D eigenvalue weighted by molar-refractivity contribution is -0.0960. The normalized spacial score (nSPS) is 11.8. The van der Waals surface area contributed by atoms with Gasteiger partial charge in [0.25, 0.3) is 0 Å². The van der Waals surface area contributed by atoms with E-state index in [2.05, 4.69) is 4.72 Å². The highest BCUT2D eigenvalue weighted by atomic mass is 32.2. The van der Waals surface area contributed by atoms with Crippen LogP contribution >= 0.6 is 0 Å². The summed E-state index contributed by atoms with van der Waals surface area (Å²) >= 11 is 0. The number of benzene rings is 1. The molecule has 0 saturated heterocycles. The predicted molar refractivity (Wildman–Crippen MR) is 71.8 cm³/mol. The third-order valence-corrected chi connectivity index (χ3v) is 3.85. The van der Waals surface area contributed by atoms with Crippen molar-refractivity contribution >= 4 is 16.0 Å². The molecule has 1 rings (SSSR count). The predicted octanol–water partition coefficient (Wildman–Crippen LogP) is 0.423. The summed E-state index contributed by atoms with van der Waals surface area (Å²) < 4.78 is 35.8. The number of carbonyl (C=O) groups is 1. The molecule has 8 heteroatoms. The SMILES string of the molecule is COC(CNS(=O)(=O)Cc1cccc(C(=O)O)c1)OC. The summed E-state index contributed by atoms with van der Waals surface area (Å²) in [4.78, 5) is 10.8. The number of methoxy groups -OCH3 is 2. The van der Waals surface area contributed by atoms with Crippen molar-refractivity contribution in [1.29, 1.82) is 0 Å². The second-order valence-corrected chi connectivity index (χ2v) is 5.82. The second-order valence-electron chi connectivity index (χ2n) is 4.01. The Kier molecular flexibility index (Phi) is 6.08. The van der Waals surface area contributed by atoms with Crippen molar-refractivity contribution < 1.29 is 27.8 Å². The van der Waals surface area contributed by atoms with E-state index in [-0.39, 0.29) is 17.9 Å². The second kappa shape index (κ2) is 7.34. The van der Waals surface area contributed by atoms with Gasteiger partial charge in [0.1, 0.15) is 0 Å². The molecular formula is C12H17NO6S. The molecule has 0 aliphatic heterocycles. The summed E-state index contributed by atoms with van der Waals surface area (Å²) in [6, 6.07) is 5.78. The lowest BCUT2D eigenvalue weighted by Crippen LogP contribution is -2.34. The minimum Gasteiger partial charge on any atom is -0.478 e. The van der Waals surface area contributed by atoms with E-state index in [4.69, 9.17) is 14.6 Å². The Labute approximate surface area is 117 Å². The summed E-state index contributed by atoms with van der Waals surface area (Å²) in [5.74, 6) is -1.41. The standard InChI is InChI=1S/C12H17NO6S/c1-18-11(19-2)7-13-20(16,17)8-9-4-3-5-10(6-9)12(14)15/h3-6,11,13H,7-8H2,1-2H3,(H,14,15). The third-order valence-electron chi connectivity index (χ3n) is 2.53. The molecule has 2 N–H and O–H groups in total. The minimum atomic E-state index is -3.60. The quantitative estimate of drug-likeness (QED) is 0.675. The van der Waals surface area contributed by atoms with Crippen molar-refractivity contribution in [2.75, 3.05) is 20.8 Å². The zero-order chi connectivity index (χ0) is 15.2. The molecule has 7 nitrogen and oxygen atoms in total. The van der Waals surface area contributed by atoms with Gasteiger partial charge in [-0.1, -0.05) is 12.1 Å². The molecule has 0 aliphatic carbocycles. The van der Waals surface area contributed by atoms with E-state index >= 15 is 0 Å². The van der Waals surface area contributed by atoms with E-state index in [1.54, 1.807) is 6.07 Å². The number of carboxylic acid groups (broad SMARTS) is 1. The molecule has 0 unspecified atom stereocenters. The maximum absolute atomic E-state index is 11.8. The van der Waals surface area contributed by atoms with Gasteiger partial charge in [-0.05, 0) is 17.7 Å². The molecule has 0 radical (unpaired) electrons. The number of hydrogen-bond acceptors (Lipinski definition) is 5. The van der Waals surface area contributed by atoms with Crippen molar-refractivity contribution in [1.82, 2.24) is 4.72 Å². The molecule has 0 saturated carbocycles. The van der Waals surface area contributed by atoms with Gasteiger partial charge in [0.2, 0.25) is 10.0 Å². The van der Waals surface area contributed by atoms with Crippen molar-refractivity contribution in [2.24, 2.45) is 0 Å². The first-order valence-electron chi connectivity index (χ1n) is 5.73. The van der Waals surface area contributed by atoms with Crippen LogP contribution in [0, 0.1) is 0 Å². The van der Waals surface area contributed by atoms with E-state index in [0.29, 0.717) is 5.56 Å². The van der Waals surface area contributed by atoms with Crippen LogP contribution in [0.4, 0.5) is 0 Å². The highest BCUT2D eigenvalue weighted by molar-refractivity contribution is 7.88. The van der Waals surface area contributed by atoms with Crippen LogP contribution in [0.1, 0.15) is 15.9 Å². The molecule has 0 atom stereocenters. The number of nitrogens with one attached hydrogen (secondary N) is 1. The van der Waals surface area contributed by atoms with Crippen molar-refractivity contribution in [2.45, 2.75) is 12.0 Å². The van der Waals surface area contributed by atoms with E-state index in [1.807, 2.05) is 0 Å². The summed E-state index contributed by atoms with van der Waals surface area (Å²) in [6.45, 7) is -0.0199. The van der Waals surface area contributed by atoms with Crippen molar-refractivity contribution in [3.05, 3.63) is 35.4 Å². The molecular weight excluding hydrogens is 286 g/mol. The van der Waals surface area contributed by atoms with Crippen LogP contribution in [0.15, 0.2) is 24.3 Å². The molecule has 20 heavy (non-hydrogen) atoms. The summed E-state index contributed by atoms with van der Waals surface area (Å²) in [5, 5.41) is 8.85. The molecule has 0 bridgehead atoms. The van der Waals surface area contributed by atoms with Gasteiger partial charge in [-0.2, -0.15) is 0 Å². The fourth-order valence-electron chi connectivity index (χ4n) is 1.52. The lowest BCUT2D eigenvalue weighted by atomic mass is 10.1. The fraction of sp³-hybridized carbons (Fsp3) is 0.417. The first-order valence-corrected chi connectivity index (χ1v) is 7.38. The van der Waals surface area contributed by atoms with Crippen LogP contribution in [0.5, 0.6) is 0 Å². The molecule has 1 aromatic rings. The van der Waals surface area contributed by atoms with E-state index in [9.17, 15) is 13.2 Å². The molecule has 0 heterocycles. The minimum absolute atomic E-state index is 0.0199. The number of rotatable bonds is 8. The van der Waals surface area contributed by atoms with Gasteiger partial charge < -0.3 is 14.6 Å². The van der Waals surface area contributed by atoms with Gasteiger partial charge in [0.05, 0.1) is 17.9 Å². The molecule has 0 spiro atoms. The number of sulfonamides is 1. The third kappa shape index (κ3) is 5.25. The number of carboxylic acids is 1. The maximum atomic E-state index is 11.8. The van der Waals surface area contributed by atoms with Crippen LogP contribution in [0.2, 0.25) is 0 Å². The highest BCUT2D eigenvalue weighted by Crippen LogP contribution is 2.09. The molecule has 112 valence electrons. The van der Waals surface area contributed by atoms with Crippen LogP contribution in [-0.4, -0.2) is 46.5 Å². The topological polar surface area (TPSA) is 102 Å². The van der Waals surface area contributed by atoms with Crippen LogP contribution in [0.3, 0.4) is 0 Å². The Bertz CT molecular complexity index is 553. The Morgan fingerprint density at radius 3 is 2.55 bits per heavy atom. The number of hydrogen-bond donors (Lipinski definition) is 2. The molecule has 0 aliphatic rings. The van der Waals surface area contributed by atoms with Gasteiger partial charge >= 0.3 is 5.97 Å². The monoisotopic (exact) mass is 303 g/mol. The Balaban J connectivity index is 2.71. The zero-order valence-corrected chi connectivity index (χ0v) is 12.0. The van der Waals surface area contributed by atoms with E-state index < -0.39 is 22.3 Å². The molecule has 0 amide bonds. The first-order chi connectivity index (χ1) is 9.38. The summed E-state index contributed by atoms with van der Waals surface area (Å²) in [6.07, 6.45) is -0.671. The Morgan fingerprint density at radius 2 is 2.00 bits per heavy atom. The van der Waals surface area contributed by atoms with Crippen molar-refractivity contribution in [3.8, 4) is 0 Å². The fourth-order valence-corrected chi connectivity index (χ4v) is 2.63. The molecule has 0 aromatic heterocycles. The van der Waals surface area contributed by atoms with Gasteiger partial charge in [0.15, 0.2) is 6.29 Å². The van der Waals surface area contributed by atoms with Gasteiger partial charge in [-0.25, -0.2) is 17.9 Å². The maximum Gasteiger partial charge on any atom is 0.335 e. The number of aromatic carboxylic acids is 1. The average Bonchev–Trinajstić information content (AvgIpc) is 2.39. The van der Waals surface area contributed by atoms with Crippen LogP contribution in [-0.2, 0) is 25.2 Å². The van der Waals surface area contributed by atoms with E-state index in [0.717, 1.165) is 0 Å². The van der Waals surface area contributed by atoms with Gasteiger partial charge in [0, 0.05) is 14.2 Å². The number of ether oxygens (including phenoxy) is 2. The van der Waals surface area contributed by atoms with E-state index in [1.165, 1.54) is 32.4 Å². The van der Waals surface area contributed by atoms with Crippen molar-refractivity contribution in [3.63, 3.8) is 0 Å². The zero-order valence-electron chi connectivity index (χ0n) is 11.2. The summed E-state index contributed by atoms with van der Waals surface area (Å²) in [5.41, 5.74) is 0.438. The molecule has 0 fully saturated rings. The highest BCUT2D eigenvalue weighted by Gasteiger charge is 2.15. The Morgan fingerprint density at radius 1 is 1.35 bits per heavy atom. The van der Waals surface area contributed by atoms with Gasteiger partial charge in [-0.3, -0.25) is 0 Å². The molecule has 1 aromatic carbocycles.